The van der Waals surface area contributed by atoms with Crippen LogP contribution < -0.4 is 15.0 Å². The lowest BCUT2D eigenvalue weighted by Crippen LogP contribution is -2.10. The highest BCUT2D eigenvalue weighted by Gasteiger charge is 2.20. The fourth-order valence-corrected chi connectivity index (χ4v) is 1.63. The van der Waals surface area contributed by atoms with Gasteiger partial charge >= 0.3 is 0 Å². The van der Waals surface area contributed by atoms with Crippen molar-refractivity contribution in [2.24, 2.45) is 0 Å². The van der Waals surface area contributed by atoms with Crippen LogP contribution in [0.15, 0.2) is 12.1 Å². The molecular formula is C10H13NO4. The summed E-state index contributed by atoms with van der Waals surface area (Å²) in [6.07, 6.45) is 0. The summed E-state index contributed by atoms with van der Waals surface area (Å²) in [6, 6.07) is 3.75. The topological polar surface area (TPSA) is 60.0 Å². The van der Waals surface area contributed by atoms with Crippen LogP contribution in [0.2, 0.25) is 0 Å². The Balaban J connectivity index is 2.38. The van der Waals surface area contributed by atoms with Crippen molar-refractivity contribution in [3.8, 4) is 11.5 Å². The number of hydrogen-bond donors (Lipinski definition) is 2. The van der Waals surface area contributed by atoms with Crippen LogP contribution in [0.4, 0.5) is 0 Å². The third-order valence-electron chi connectivity index (χ3n) is 2.29. The van der Waals surface area contributed by atoms with E-state index in [0.29, 0.717) is 24.7 Å². The molecule has 2 N–H and O–H groups in total. The van der Waals surface area contributed by atoms with Gasteiger partial charge in [-0.25, -0.2) is 5.48 Å². The normalized spacial score (nSPS) is 13.2. The molecule has 0 amide bonds. The first-order chi connectivity index (χ1) is 7.36. The molecule has 0 saturated heterocycles. The Bertz CT molecular complexity index is 354. The third kappa shape index (κ3) is 1.90. The minimum atomic E-state index is 0.226. The lowest BCUT2D eigenvalue weighted by Gasteiger charge is -2.10. The summed E-state index contributed by atoms with van der Waals surface area (Å²) in [4.78, 5) is 0. The molecule has 0 aromatic heterocycles. The molecule has 0 radical (unpaired) electrons. The quantitative estimate of drug-likeness (QED) is 0.729. The average molecular weight is 211 g/mol. The molecule has 5 nitrogen and oxygen atoms in total. The van der Waals surface area contributed by atoms with Crippen molar-refractivity contribution in [3.63, 3.8) is 0 Å². The Morgan fingerprint density at radius 2 is 2.33 bits per heavy atom. The van der Waals surface area contributed by atoms with Gasteiger partial charge in [-0.3, -0.25) is 0 Å². The number of hydrogen-bond acceptors (Lipinski definition) is 5. The Labute approximate surface area is 87.5 Å². The minimum absolute atomic E-state index is 0.226. The number of nitrogens with one attached hydrogen (secondary N) is 1. The Kier molecular flexibility index (Phi) is 3.05. The first kappa shape index (κ1) is 10.2. The average Bonchev–Trinajstić information content (AvgIpc) is 2.70. The van der Waals surface area contributed by atoms with Crippen molar-refractivity contribution >= 4 is 0 Å². The molecule has 15 heavy (non-hydrogen) atoms. The molecule has 0 bridgehead atoms. The molecule has 1 aliphatic rings. The molecule has 1 aromatic carbocycles. The molecule has 0 unspecified atom stereocenters. The molecule has 1 aromatic rings. The van der Waals surface area contributed by atoms with Gasteiger partial charge in [-0.15, -0.1) is 0 Å². The van der Waals surface area contributed by atoms with Gasteiger partial charge in [0.2, 0.25) is 6.79 Å². The van der Waals surface area contributed by atoms with Crippen molar-refractivity contribution in [3.05, 3.63) is 23.3 Å². The van der Waals surface area contributed by atoms with E-state index >= 15 is 0 Å². The zero-order valence-corrected chi connectivity index (χ0v) is 8.45. The second-order valence-corrected chi connectivity index (χ2v) is 3.20. The van der Waals surface area contributed by atoms with E-state index in [4.69, 9.17) is 19.4 Å². The van der Waals surface area contributed by atoms with Crippen LogP contribution in [-0.4, -0.2) is 19.1 Å². The first-order valence-electron chi connectivity index (χ1n) is 4.63. The highest BCUT2D eigenvalue weighted by Crippen LogP contribution is 2.37. The van der Waals surface area contributed by atoms with Crippen LogP contribution in [0.25, 0.3) is 0 Å². The summed E-state index contributed by atoms with van der Waals surface area (Å²) < 4.78 is 15.7. The zero-order valence-electron chi connectivity index (χ0n) is 8.45. The predicted octanol–water partition coefficient (Wildman–Crippen LogP) is 1.04. The van der Waals surface area contributed by atoms with E-state index in [1.165, 1.54) is 0 Å². The SMILES string of the molecule is COCc1ccc2c(c1CNO)OCO2. The van der Waals surface area contributed by atoms with Crippen molar-refractivity contribution < 1.29 is 19.4 Å². The predicted molar refractivity (Wildman–Crippen MR) is 51.9 cm³/mol. The lowest BCUT2D eigenvalue weighted by molar-refractivity contribution is 0.152. The first-order valence-corrected chi connectivity index (χ1v) is 4.63. The molecule has 2 rings (SSSR count). The van der Waals surface area contributed by atoms with Gasteiger partial charge in [0.25, 0.3) is 0 Å². The zero-order chi connectivity index (χ0) is 10.7. The van der Waals surface area contributed by atoms with Gasteiger partial charge < -0.3 is 19.4 Å². The number of benzene rings is 1. The Morgan fingerprint density at radius 1 is 1.47 bits per heavy atom. The minimum Gasteiger partial charge on any atom is -0.454 e. The summed E-state index contributed by atoms with van der Waals surface area (Å²) in [5.74, 6) is 1.39. The van der Waals surface area contributed by atoms with E-state index in [1.807, 2.05) is 12.1 Å². The smallest absolute Gasteiger partial charge is 0.231 e. The van der Waals surface area contributed by atoms with Gasteiger partial charge in [0.05, 0.1) is 6.61 Å². The van der Waals surface area contributed by atoms with E-state index in [-0.39, 0.29) is 6.79 Å². The van der Waals surface area contributed by atoms with Crippen LogP contribution in [0.3, 0.4) is 0 Å². The standard InChI is InChI=1S/C10H13NO4/c1-13-5-7-2-3-9-10(15-6-14-9)8(7)4-11-12/h2-3,11-12H,4-6H2,1H3. The van der Waals surface area contributed by atoms with Crippen molar-refractivity contribution in [1.82, 2.24) is 5.48 Å². The number of rotatable bonds is 4. The molecule has 0 atom stereocenters. The van der Waals surface area contributed by atoms with E-state index in [9.17, 15) is 0 Å². The highest BCUT2D eigenvalue weighted by atomic mass is 16.7. The monoisotopic (exact) mass is 211 g/mol. The van der Waals surface area contributed by atoms with Crippen LogP contribution >= 0.6 is 0 Å². The van der Waals surface area contributed by atoms with Gasteiger partial charge in [0.15, 0.2) is 11.5 Å². The fourth-order valence-electron chi connectivity index (χ4n) is 1.63. The lowest BCUT2D eigenvalue weighted by atomic mass is 10.1. The van der Waals surface area contributed by atoms with Gasteiger partial charge in [0.1, 0.15) is 0 Å². The molecular weight excluding hydrogens is 198 g/mol. The highest BCUT2D eigenvalue weighted by molar-refractivity contribution is 5.51. The maximum Gasteiger partial charge on any atom is 0.231 e. The van der Waals surface area contributed by atoms with Crippen LogP contribution in [0.5, 0.6) is 11.5 Å². The van der Waals surface area contributed by atoms with Gasteiger partial charge in [-0.05, 0) is 11.6 Å². The molecule has 0 saturated carbocycles. The summed E-state index contributed by atoms with van der Waals surface area (Å²) in [7, 11) is 1.63. The van der Waals surface area contributed by atoms with E-state index in [2.05, 4.69) is 5.48 Å². The maximum absolute atomic E-state index is 8.76. The third-order valence-corrected chi connectivity index (χ3v) is 2.29. The van der Waals surface area contributed by atoms with Gasteiger partial charge in [-0.1, -0.05) is 6.07 Å². The number of ether oxygens (including phenoxy) is 3. The Hall–Kier alpha value is -1.30. The summed E-state index contributed by atoms with van der Waals surface area (Å²) in [5.41, 5.74) is 3.97. The van der Waals surface area contributed by atoms with E-state index in [0.717, 1.165) is 11.1 Å². The van der Waals surface area contributed by atoms with Crippen LogP contribution in [-0.2, 0) is 17.9 Å². The number of fused-ring (bicyclic) bond motifs is 1. The fraction of sp³-hybridized carbons (Fsp3) is 0.400. The molecule has 5 heteroatoms. The number of hydroxylamine groups is 1. The number of methoxy groups -OCH3 is 1. The molecule has 1 aliphatic heterocycles. The van der Waals surface area contributed by atoms with Crippen molar-refractivity contribution in [2.45, 2.75) is 13.2 Å². The molecule has 1 heterocycles. The largest absolute Gasteiger partial charge is 0.454 e. The molecule has 0 fully saturated rings. The van der Waals surface area contributed by atoms with Gasteiger partial charge in [-0.2, -0.15) is 0 Å². The Morgan fingerprint density at radius 3 is 3.07 bits per heavy atom. The van der Waals surface area contributed by atoms with E-state index in [1.54, 1.807) is 7.11 Å². The van der Waals surface area contributed by atoms with Crippen LogP contribution in [0.1, 0.15) is 11.1 Å². The van der Waals surface area contributed by atoms with Crippen molar-refractivity contribution in [1.29, 1.82) is 0 Å². The summed E-state index contributed by atoms with van der Waals surface area (Å²) in [6.45, 7) is 1.02. The molecule has 0 spiro atoms. The second-order valence-electron chi connectivity index (χ2n) is 3.20. The molecule has 0 aliphatic carbocycles. The molecule has 82 valence electrons. The van der Waals surface area contributed by atoms with Crippen molar-refractivity contribution in [2.75, 3.05) is 13.9 Å². The van der Waals surface area contributed by atoms with Gasteiger partial charge in [0, 0.05) is 19.2 Å². The maximum atomic E-state index is 8.76. The second kappa shape index (κ2) is 4.48. The summed E-state index contributed by atoms with van der Waals surface area (Å²) in [5, 5.41) is 8.76. The summed E-state index contributed by atoms with van der Waals surface area (Å²) >= 11 is 0. The van der Waals surface area contributed by atoms with E-state index < -0.39 is 0 Å². The van der Waals surface area contributed by atoms with Crippen LogP contribution in [0, 0.1) is 0 Å².